The molecule has 2 amide bonds. The van der Waals surface area contributed by atoms with Crippen LogP contribution in [0, 0.1) is 0 Å². The van der Waals surface area contributed by atoms with Gasteiger partial charge in [0.25, 0.3) is 11.8 Å². The summed E-state index contributed by atoms with van der Waals surface area (Å²) in [7, 11) is 0. The van der Waals surface area contributed by atoms with Crippen molar-refractivity contribution in [1.82, 2.24) is 19.7 Å². The van der Waals surface area contributed by atoms with Crippen LogP contribution in [0.2, 0.25) is 0 Å². The third-order valence-electron chi connectivity index (χ3n) is 4.76. The molecule has 27 heavy (non-hydrogen) atoms. The van der Waals surface area contributed by atoms with Crippen LogP contribution in [0.5, 0.6) is 0 Å². The molecule has 1 fully saturated rings. The highest BCUT2D eigenvalue weighted by Crippen LogP contribution is 2.39. The van der Waals surface area contributed by atoms with Crippen molar-refractivity contribution in [2.24, 2.45) is 0 Å². The minimum Gasteiger partial charge on any atom is -0.303 e. The molecule has 5 rings (SSSR count). The standard InChI is InChI=1S/C19H16N4O2S2/c24-17-14-5-1-2-6-15(14)18(25)22(17)11-27-19-21-20-16(23(19)12-7-8-12)10-13-4-3-9-26-13/h1-6,9,12H,7-8,10-11H2. The minimum atomic E-state index is -0.237. The number of carbonyl (C=O) groups excluding carboxylic acids is 2. The third kappa shape index (κ3) is 2.98. The molecule has 0 unspecified atom stereocenters. The lowest BCUT2D eigenvalue weighted by Crippen LogP contribution is -2.29. The van der Waals surface area contributed by atoms with Crippen LogP contribution in [0.4, 0.5) is 0 Å². The molecule has 1 aliphatic heterocycles. The van der Waals surface area contributed by atoms with Crippen molar-refractivity contribution in [1.29, 1.82) is 0 Å². The Hall–Kier alpha value is -2.45. The van der Waals surface area contributed by atoms with Gasteiger partial charge in [0.1, 0.15) is 5.82 Å². The first-order chi connectivity index (χ1) is 13.2. The molecule has 136 valence electrons. The lowest BCUT2D eigenvalue weighted by molar-refractivity contribution is 0.0684. The first-order valence-electron chi connectivity index (χ1n) is 8.76. The van der Waals surface area contributed by atoms with E-state index in [4.69, 9.17) is 0 Å². The van der Waals surface area contributed by atoms with Crippen LogP contribution in [0.1, 0.15) is 50.3 Å². The summed E-state index contributed by atoms with van der Waals surface area (Å²) in [5, 5.41) is 11.6. The second kappa shape index (κ2) is 6.61. The van der Waals surface area contributed by atoms with Crippen LogP contribution in [0.25, 0.3) is 0 Å². The van der Waals surface area contributed by atoms with Gasteiger partial charge in [0.05, 0.1) is 17.0 Å². The average Bonchev–Trinajstić information content (AvgIpc) is 3.14. The molecule has 6 nitrogen and oxygen atoms in total. The maximum atomic E-state index is 12.5. The zero-order chi connectivity index (χ0) is 18.4. The molecule has 0 spiro atoms. The van der Waals surface area contributed by atoms with E-state index in [1.54, 1.807) is 35.6 Å². The first kappa shape index (κ1) is 16.7. The van der Waals surface area contributed by atoms with Gasteiger partial charge in [-0.25, -0.2) is 0 Å². The summed E-state index contributed by atoms with van der Waals surface area (Å²) in [6.45, 7) is 0. The SMILES string of the molecule is O=C1c2ccccc2C(=O)N1CSc1nnc(Cc2cccs2)n1C1CC1. The number of benzene rings is 1. The van der Waals surface area contributed by atoms with Crippen molar-refractivity contribution < 1.29 is 9.59 Å². The highest BCUT2D eigenvalue weighted by Gasteiger charge is 2.36. The van der Waals surface area contributed by atoms with Gasteiger partial charge in [-0.05, 0) is 36.4 Å². The lowest BCUT2D eigenvalue weighted by Gasteiger charge is -2.14. The minimum absolute atomic E-state index is 0.237. The zero-order valence-corrected chi connectivity index (χ0v) is 16.0. The molecule has 2 aromatic heterocycles. The van der Waals surface area contributed by atoms with E-state index in [9.17, 15) is 9.59 Å². The monoisotopic (exact) mass is 396 g/mol. The number of imide groups is 1. The Bertz CT molecular complexity index is 989. The van der Waals surface area contributed by atoms with E-state index in [-0.39, 0.29) is 17.7 Å². The van der Waals surface area contributed by atoms with Crippen LogP contribution >= 0.6 is 23.1 Å². The van der Waals surface area contributed by atoms with Gasteiger partial charge < -0.3 is 4.57 Å². The number of fused-ring (bicyclic) bond motifs is 1. The molecule has 0 atom stereocenters. The fraction of sp³-hybridized carbons (Fsp3) is 0.263. The molecule has 1 aromatic carbocycles. The Labute approximate surface area is 164 Å². The van der Waals surface area contributed by atoms with Gasteiger partial charge in [-0.15, -0.1) is 21.5 Å². The van der Waals surface area contributed by atoms with Crippen molar-refractivity contribution in [3.8, 4) is 0 Å². The van der Waals surface area contributed by atoms with Gasteiger partial charge in [-0.2, -0.15) is 0 Å². The summed E-state index contributed by atoms with van der Waals surface area (Å²) in [5.74, 6) is 0.722. The van der Waals surface area contributed by atoms with Crippen molar-refractivity contribution in [2.45, 2.75) is 30.5 Å². The summed E-state index contributed by atoms with van der Waals surface area (Å²) >= 11 is 3.11. The largest absolute Gasteiger partial charge is 0.303 e. The van der Waals surface area contributed by atoms with E-state index in [0.29, 0.717) is 17.2 Å². The number of nitrogens with zero attached hydrogens (tertiary/aromatic N) is 4. The second-order valence-electron chi connectivity index (χ2n) is 6.61. The molecule has 0 saturated heterocycles. The summed E-state index contributed by atoms with van der Waals surface area (Å²) in [4.78, 5) is 27.6. The maximum absolute atomic E-state index is 12.5. The molecular weight excluding hydrogens is 380 g/mol. The van der Waals surface area contributed by atoms with E-state index in [0.717, 1.165) is 30.2 Å². The van der Waals surface area contributed by atoms with Crippen LogP contribution < -0.4 is 0 Å². The maximum Gasteiger partial charge on any atom is 0.262 e. The van der Waals surface area contributed by atoms with Gasteiger partial charge in [-0.3, -0.25) is 14.5 Å². The van der Waals surface area contributed by atoms with E-state index in [1.165, 1.54) is 21.5 Å². The Kier molecular flexibility index (Phi) is 4.09. The first-order valence-corrected chi connectivity index (χ1v) is 10.6. The Morgan fingerprint density at radius 2 is 1.78 bits per heavy atom. The number of thiophene rings is 1. The van der Waals surface area contributed by atoms with E-state index < -0.39 is 0 Å². The third-order valence-corrected chi connectivity index (χ3v) is 6.56. The van der Waals surface area contributed by atoms with E-state index in [2.05, 4.69) is 26.2 Å². The normalized spacial score (nSPS) is 16.2. The number of aromatic nitrogens is 3. The van der Waals surface area contributed by atoms with E-state index >= 15 is 0 Å². The second-order valence-corrected chi connectivity index (χ2v) is 8.56. The smallest absolute Gasteiger partial charge is 0.262 e. The van der Waals surface area contributed by atoms with Crippen LogP contribution in [0.15, 0.2) is 46.9 Å². The number of thioether (sulfide) groups is 1. The number of rotatable bonds is 6. The van der Waals surface area contributed by atoms with Gasteiger partial charge in [0, 0.05) is 17.3 Å². The average molecular weight is 396 g/mol. The summed E-state index contributed by atoms with van der Waals surface area (Å²) in [5.41, 5.74) is 0.954. The Balaban J connectivity index is 1.35. The summed E-state index contributed by atoms with van der Waals surface area (Å²) in [6, 6.07) is 11.5. The number of amides is 2. The van der Waals surface area contributed by atoms with E-state index in [1.807, 2.05) is 6.07 Å². The summed E-state index contributed by atoms with van der Waals surface area (Å²) < 4.78 is 2.18. The van der Waals surface area contributed by atoms with Gasteiger partial charge >= 0.3 is 0 Å². The van der Waals surface area contributed by atoms with Crippen molar-refractivity contribution >= 4 is 34.9 Å². The van der Waals surface area contributed by atoms with Gasteiger partial charge in [0.15, 0.2) is 5.16 Å². The fourth-order valence-electron chi connectivity index (χ4n) is 3.27. The van der Waals surface area contributed by atoms with Crippen molar-refractivity contribution in [2.75, 3.05) is 5.88 Å². The molecule has 8 heteroatoms. The van der Waals surface area contributed by atoms with Gasteiger partial charge in [0.2, 0.25) is 0 Å². The van der Waals surface area contributed by atoms with Crippen LogP contribution in [-0.2, 0) is 6.42 Å². The molecule has 1 aliphatic carbocycles. The Morgan fingerprint density at radius 1 is 1.04 bits per heavy atom. The fourth-order valence-corrected chi connectivity index (χ4v) is 4.95. The quantitative estimate of drug-likeness (QED) is 0.470. The molecular formula is C19H16N4O2S2. The lowest BCUT2D eigenvalue weighted by atomic mass is 10.1. The van der Waals surface area contributed by atoms with Crippen LogP contribution in [-0.4, -0.2) is 37.4 Å². The van der Waals surface area contributed by atoms with Crippen molar-refractivity contribution in [3.05, 3.63) is 63.6 Å². The molecule has 1 saturated carbocycles. The van der Waals surface area contributed by atoms with Crippen LogP contribution in [0.3, 0.4) is 0 Å². The Morgan fingerprint density at radius 3 is 2.41 bits per heavy atom. The molecule has 0 bridgehead atoms. The molecule has 2 aliphatic rings. The predicted octanol–water partition coefficient (Wildman–Crippen LogP) is 3.61. The number of hydrogen-bond donors (Lipinski definition) is 0. The van der Waals surface area contributed by atoms with Gasteiger partial charge in [-0.1, -0.05) is 30.0 Å². The predicted molar refractivity (Wildman–Crippen MR) is 103 cm³/mol. The molecule has 3 heterocycles. The number of hydrogen-bond acceptors (Lipinski definition) is 6. The molecule has 0 N–H and O–H groups in total. The highest BCUT2D eigenvalue weighted by atomic mass is 32.2. The highest BCUT2D eigenvalue weighted by molar-refractivity contribution is 7.99. The molecule has 3 aromatic rings. The topological polar surface area (TPSA) is 68.1 Å². The zero-order valence-electron chi connectivity index (χ0n) is 14.4. The van der Waals surface area contributed by atoms with Crippen molar-refractivity contribution in [3.63, 3.8) is 0 Å². The number of carbonyl (C=O) groups is 2. The molecule has 0 radical (unpaired) electrons. The summed E-state index contributed by atoms with van der Waals surface area (Å²) in [6.07, 6.45) is 3.00.